The van der Waals surface area contributed by atoms with E-state index in [9.17, 15) is 4.79 Å². The number of carboxylic acid groups (broad SMARTS) is 1. The van der Waals surface area contributed by atoms with Crippen LogP contribution in [0.3, 0.4) is 0 Å². The number of unbranched alkanes of at least 4 members (excludes halogenated alkanes) is 3. The number of hydrogen-bond donors (Lipinski definition) is 2. The number of carboxylic acids is 1. The Bertz CT molecular complexity index is 372. The maximum Gasteiger partial charge on any atom is 0.303 e. The van der Waals surface area contributed by atoms with E-state index in [2.05, 4.69) is 42.2 Å². The van der Waals surface area contributed by atoms with E-state index < -0.39 is 5.97 Å². The van der Waals surface area contributed by atoms with Crippen LogP contribution >= 0.6 is 0 Å². The van der Waals surface area contributed by atoms with Crippen molar-refractivity contribution >= 4 is 5.97 Å². The minimum atomic E-state index is -0.729. The van der Waals surface area contributed by atoms with Crippen LogP contribution in [0.15, 0.2) is 36.5 Å². The van der Waals surface area contributed by atoms with Crippen molar-refractivity contribution in [3.05, 3.63) is 36.5 Å². The Hall–Kier alpha value is -1.39. The molecule has 1 atom stereocenters. The summed E-state index contributed by atoms with van der Waals surface area (Å²) >= 11 is 0. The second-order valence-corrected chi connectivity index (χ2v) is 5.97. The third kappa shape index (κ3) is 17.0. The Labute approximate surface area is 146 Å². The lowest BCUT2D eigenvalue weighted by molar-refractivity contribution is -0.281. The smallest absolute Gasteiger partial charge is 0.303 e. The van der Waals surface area contributed by atoms with Gasteiger partial charge in [-0.2, -0.15) is 0 Å². The maximum absolute atomic E-state index is 10.3. The van der Waals surface area contributed by atoms with Gasteiger partial charge in [0.25, 0.3) is 0 Å². The fourth-order valence-corrected chi connectivity index (χ4v) is 2.30. The summed E-state index contributed by atoms with van der Waals surface area (Å²) in [5, 5.41) is 17.4. The summed E-state index contributed by atoms with van der Waals surface area (Å²) in [6.07, 6.45) is 22.3. The molecule has 0 saturated heterocycles. The third-order valence-corrected chi connectivity index (χ3v) is 3.74. The molecule has 0 fully saturated rings. The van der Waals surface area contributed by atoms with Gasteiger partial charge in [-0.25, -0.2) is 4.89 Å². The molecule has 0 spiro atoms. The Morgan fingerprint density at radius 1 is 0.917 bits per heavy atom. The van der Waals surface area contributed by atoms with Gasteiger partial charge in [-0.3, -0.25) is 10.1 Å². The van der Waals surface area contributed by atoms with Gasteiger partial charge in [-0.15, -0.1) is 0 Å². The zero-order valence-electron chi connectivity index (χ0n) is 15.0. The molecule has 0 rings (SSSR count). The zero-order valence-corrected chi connectivity index (χ0v) is 15.0. The van der Waals surface area contributed by atoms with Gasteiger partial charge in [0, 0.05) is 6.42 Å². The van der Waals surface area contributed by atoms with Crippen LogP contribution in [0.4, 0.5) is 0 Å². The number of carbonyl (C=O) groups is 1. The average molecular weight is 338 g/mol. The van der Waals surface area contributed by atoms with Gasteiger partial charge in [-0.05, 0) is 44.9 Å². The van der Waals surface area contributed by atoms with Gasteiger partial charge in [0.1, 0.15) is 0 Å². The van der Waals surface area contributed by atoms with E-state index in [1.54, 1.807) is 0 Å². The molecule has 0 heterocycles. The van der Waals surface area contributed by atoms with Crippen molar-refractivity contribution in [1.82, 2.24) is 0 Å². The fraction of sp³-hybridized carbons (Fsp3) is 0.650. The molecular weight excluding hydrogens is 304 g/mol. The number of rotatable bonds is 16. The van der Waals surface area contributed by atoms with Gasteiger partial charge in [0.15, 0.2) is 0 Å². The van der Waals surface area contributed by atoms with Crippen molar-refractivity contribution in [1.29, 1.82) is 0 Å². The standard InChI is InChI=1S/C20H34O4/c1-2-3-13-16-19(24-23)17-14-11-9-7-5-4-6-8-10-12-15-18-20(21)22/h4-5,8-11,19,23H,2-3,6-7,12-18H2,1H3,(H,21,22)/b5-4-,10-8-,11-9-/t19-/m0/s1. The molecule has 0 aliphatic carbocycles. The van der Waals surface area contributed by atoms with Crippen molar-refractivity contribution in [2.24, 2.45) is 0 Å². The molecule has 4 nitrogen and oxygen atoms in total. The molecule has 0 aliphatic heterocycles. The molecular formula is C20H34O4. The molecule has 0 aromatic carbocycles. The van der Waals surface area contributed by atoms with E-state index in [4.69, 9.17) is 10.4 Å². The van der Waals surface area contributed by atoms with Gasteiger partial charge < -0.3 is 5.11 Å². The average Bonchev–Trinajstić information content (AvgIpc) is 2.57. The summed E-state index contributed by atoms with van der Waals surface area (Å²) in [6, 6.07) is 0. The highest BCUT2D eigenvalue weighted by Gasteiger charge is 2.06. The first-order valence-corrected chi connectivity index (χ1v) is 9.17. The lowest BCUT2D eigenvalue weighted by Gasteiger charge is -2.11. The summed E-state index contributed by atoms with van der Waals surface area (Å²) in [6.45, 7) is 2.17. The van der Waals surface area contributed by atoms with Crippen LogP contribution in [0.25, 0.3) is 0 Å². The molecule has 0 bridgehead atoms. The molecule has 24 heavy (non-hydrogen) atoms. The van der Waals surface area contributed by atoms with E-state index >= 15 is 0 Å². The minimum absolute atomic E-state index is 0.0389. The monoisotopic (exact) mass is 338 g/mol. The van der Waals surface area contributed by atoms with E-state index in [-0.39, 0.29) is 12.5 Å². The highest BCUT2D eigenvalue weighted by Crippen LogP contribution is 2.11. The second-order valence-electron chi connectivity index (χ2n) is 5.97. The minimum Gasteiger partial charge on any atom is -0.481 e. The van der Waals surface area contributed by atoms with Crippen LogP contribution in [0.1, 0.15) is 77.6 Å². The van der Waals surface area contributed by atoms with E-state index in [0.717, 1.165) is 44.9 Å². The third-order valence-electron chi connectivity index (χ3n) is 3.74. The summed E-state index contributed by atoms with van der Waals surface area (Å²) in [7, 11) is 0. The molecule has 0 aliphatic rings. The predicted molar refractivity (Wildman–Crippen MR) is 99.0 cm³/mol. The van der Waals surface area contributed by atoms with E-state index in [0.29, 0.717) is 6.42 Å². The van der Waals surface area contributed by atoms with Crippen LogP contribution in [-0.4, -0.2) is 22.4 Å². The van der Waals surface area contributed by atoms with Crippen LogP contribution in [0.2, 0.25) is 0 Å². The summed E-state index contributed by atoms with van der Waals surface area (Å²) in [4.78, 5) is 14.9. The molecule has 138 valence electrons. The SMILES string of the molecule is CCCCC[C@@H](CC/C=C\C/C=C\C/C=C\CCCC(=O)O)OO. The first-order chi connectivity index (χ1) is 11.7. The Morgan fingerprint density at radius 3 is 2.12 bits per heavy atom. The topological polar surface area (TPSA) is 66.8 Å². The molecule has 0 amide bonds. The summed E-state index contributed by atoms with van der Waals surface area (Å²) in [5.74, 6) is -0.729. The van der Waals surface area contributed by atoms with Crippen molar-refractivity contribution in [2.75, 3.05) is 0 Å². The largest absolute Gasteiger partial charge is 0.481 e. The molecule has 0 aromatic heterocycles. The van der Waals surface area contributed by atoms with Crippen molar-refractivity contribution in [3.8, 4) is 0 Å². The Kier molecular flexibility index (Phi) is 16.9. The Morgan fingerprint density at radius 2 is 1.54 bits per heavy atom. The Balaban J connectivity index is 3.56. The molecule has 0 unspecified atom stereocenters. The molecule has 0 radical (unpaired) electrons. The molecule has 0 aromatic rings. The highest BCUT2D eigenvalue weighted by molar-refractivity contribution is 5.66. The highest BCUT2D eigenvalue weighted by atomic mass is 17.1. The van der Waals surface area contributed by atoms with Crippen LogP contribution in [0.5, 0.6) is 0 Å². The van der Waals surface area contributed by atoms with Crippen LogP contribution in [-0.2, 0) is 9.68 Å². The molecule has 2 N–H and O–H groups in total. The van der Waals surface area contributed by atoms with Gasteiger partial charge in [0.05, 0.1) is 6.10 Å². The van der Waals surface area contributed by atoms with Crippen molar-refractivity contribution < 1.29 is 20.0 Å². The van der Waals surface area contributed by atoms with Gasteiger partial charge in [0.2, 0.25) is 0 Å². The van der Waals surface area contributed by atoms with Crippen LogP contribution < -0.4 is 0 Å². The fourth-order valence-electron chi connectivity index (χ4n) is 2.30. The first kappa shape index (κ1) is 22.6. The quantitative estimate of drug-likeness (QED) is 0.159. The van der Waals surface area contributed by atoms with Crippen molar-refractivity contribution in [3.63, 3.8) is 0 Å². The zero-order chi connectivity index (χ0) is 17.9. The summed E-state index contributed by atoms with van der Waals surface area (Å²) in [5.41, 5.74) is 0. The number of hydrogen-bond acceptors (Lipinski definition) is 3. The lowest BCUT2D eigenvalue weighted by Crippen LogP contribution is -2.10. The molecule has 4 heteroatoms. The van der Waals surface area contributed by atoms with Gasteiger partial charge >= 0.3 is 5.97 Å². The van der Waals surface area contributed by atoms with E-state index in [1.807, 2.05) is 6.08 Å². The van der Waals surface area contributed by atoms with Gasteiger partial charge in [-0.1, -0.05) is 62.6 Å². The summed E-state index contributed by atoms with van der Waals surface area (Å²) < 4.78 is 0. The first-order valence-electron chi connectivity index (χ1n) is 9.17. The number of allylic oxidation sites excluding steroid dienone is 6. The normalized spacial score (nSPS) is 13.4. The van der Waals surface area contributed by atoms with Crippen LogP contribution in [0, 0.1) is 0 Å². The number of aliphatic carboxylic acids is 1. The predicted octanol–water partition coefficient (Wildman–Crippen LogP) is 5.91. The van der Waals surface area contributed by atoms with Crippen molar-refractivity contribution in [2.45, 2.75) is 83.7 Å². The lowest BCUT2D eigenvalue weighted by atomic mass is 10.1. The second kappa shape index (κ2) is 18.0. The maximum atomic E-state index is 10.3. The molecule has 0 saturated carbocycles. The van der Waals surface area contributed by atoms with E-state index in [1.165, 1.54) is 12.8 Å².